The Bertz CT molecular complexity index is 416. The standard InChI is InChI=1S/C13H15NS2/c1-10-3-5-13(6-4-10)16-11(2)9-12(15)7-8-14/h3-9,15H,2,14H2,1H3/b8-7+,12-9+. The van der Waals surface area contributed by atoms with Crippen LogP contribution in [-0.4, -0.2) is 0 Å². The fraction of sp³-hybridized carbons (Fsp3) is 0.0769. The van der Waals surface area contributed by atoms with E-state index in [4.69, 9.17) is 5.73 Å². The third kappa shape index (κ3) is 4.64. The Morgan fingerprint density at radius 2 is 2.00 bits per heavy atom. The molecule has 0 bridgehead atoms. The quantitative estimate of drug-likeness (QED) is 0.481. The van der Waals surface area contributed by atoms with Crippen molar-refractivity contribution in [1.29, 1.82) is 0 Å². The lowest BCUT2D eigenvalue weighted by Gasteiger charge is -2.01. The molecule has 0 aromatic heterocycles. The highest BCUT2D eigenvalue weighted by Gasteiger charge is 1.96. The zero-order valence-electron chi connectivity index (χ0n) is 9.18. The fourth-order valence-electron chi connectivity index (χ4n) is 1.10. The van der Waals surface area contributed by atoms with Crippen molar-refractivity contribution < 1.29 is 0 Å². The van der Waals surface area contributed by atoms with E-state index in [2.05, 4.69) is 50.4 Å². The van der Waals surface area contributed by atoms with Gasteiger partial charge in [-0.2, -0.15) is 0 Å². The predicted octanol–water partition coefficient (Wildman–Crippen LogP) is 3.89. The average Bonchev–Trinajstić information content (AvgIpc) is 2.21. The molecule has 0 atom stereocenters. The van der Waals surface area contributed by atoms with Crippen LogP contribution in [-0.2, 0) is 0 Å². The Morgan fingerprint density at radius 1 is 1.38 bits per heavy atom. The highest BCUT2D eigenvalue weighted by Crippen LogP contribution is 2.27. The van der Waals surface area contributed by atoms with Crippen molar-refractivity contribution in [2.45, 2.75) is 11.8 Å². The molecule has 0 aliphatic carbocycles. The van der Waals surface area contributed by atoms with E-state index in [1.165, 1.54) is 16.7 Å². The maximum Gasteiger partial charge on any atom is 0.0122 e. The van der Waals surface area contributed by atoms with E-state index in [1.54, 1.807) is 17.8 Å². The van der Waals surface area contributed by atoms with Gasteiger partial charge in [-0.25, -0.2) is 0 Å². The Hall–Kier alpha value is -1.06. The molecule has 0 unspecified atom stereocenters. The summed E-state index contributed by atoms with van der Waals surface area (Å²) in [5.41, 5.74) is 6.52. The minimum atomic E-state index is 0.798. The zero-order valence-corrected chi connectivity index (χ0v) is 10.9. The van der Waals surface area contributed by atoms with Gasteiger partial charge in [0, 0.05) is 14.7 Å². The van der Waals surface area contributed by atoms with Gasteiger partial charge in [-0.3, -0.25) is 0 Å². The molecule has 0 saturated heterocycles. The summed E-state index contributed by atoms with van der Waals surface area (Å²) in [5, 5.41) is 0. The van der Waals surface area contributed by atoms with Gasteiger partial charge >= 0.3 is 0 Å². The Kier molecular flexibility index (Phi) is 5.29. The number of benzene rings is 1. The van der Waals surface area contributed by atoms with Gasteiger partial charge in [0.25, 0.3) is 0 Å². The molecular formula is C13H15NS2. The van der Waals surface area contributed by atoms with E-state index in [0.29, 0.717) is 0 Å². The molecule has 0 aliphatic rings. The first-order valence-electron chi connectivity index (χ1n) is 4.84. The average molecular weight is 249 g/mol. The van der Waals surface area contributed by atoms with Gasteiger partial charge in [0.2, 0.25) is 0 Å². The summed E-state index contributed by atoms with van der Waals surface area (Å²) in [6.45, 7) is 6.03. The van der Waals surface area contributed by atoms with Crippen molar-refractivity contribution in [2.75, 3.05) is 0 Å². The smallest absolute Gasteiger partial charge is 0.0122 e. The van der Waals surface area contributed by atoms with Crippen LogP contribution in [0.1, 0.15) is 5.56 Å². The number of thioether (sulfide) groups is 1. The number of hydrogen-bond acceptors (Lipinski definition) is 3. The summed E-state index contributed by atoms with van der Waals surface area (Å²) >= 11 is 5.86. The second kappa shape index (κ2) is 6.51. The van der Waals surface area contributed by atoms with Crippen molar-refractivity contribution in [1.82, 2.24) is 0 Å². The van der Waals surface area contributed by atoms with Gasteiger partial charge in [-0.05, 0) is 37.4 Å². The first-order chi connectivity index (χ1) is 7.61. The van der Waals surface area contributed by atoms with E-state index >= 15 is 0 Å². The van der Waals surface area contributed by atoms with Crippen molar-refractivity contribution in [3.05, 3.63) is 64.6 Å². The van der Waals surface area contributed by atoms with Crippen LogP contribution < -0.4 is 5.73 Å². The lowest BCUT2D eigenvalue weighted by Crippen LogP contribution is -1.77. The van der Waals surface area contributed by atoms with E-state index < -0.39 is 0 Å². The van der Waals surface area contributed by atoms with E-state index in [0.717, 1.165) is 9.81 Å². The maximum absolute atomic E-state index is 5.27. The molecule has 84 valence electrons. The Morgan fingerprint density at radius 3 is 2.56 bits per heavy atom. The van der Waals surface area contributed by atoms with Gasteiger partial charge < -0.3 is 5.73 Å². The van der Waals surface area contributed by atoms with Crippen molar-refractivity contribution in [2.24, 2.45) is 5.73 Å². The molecular weight excluding hydrogens is 234 g/mol. The molecule has 0 spiro atoms. The largest absolute Gasteiger partial charge is 0.405 e. The van der Waals surface area contributed by atoms with Crippen molar-refractivity contribution in [3.63, 3.8) is 0 Å². The monoisotopic (exact) mass is 249 g/mol. The molecule has 0 radical (unpaired) electrons. The summed E-state index contributed by atoms with van der Waals surface area (Å²) in [6.07, 6.45) is 5.07. The van der Waals surface area contributed by atoms with Crippen LogP contribution in [0, 0.1) is 6.92 Å². The molecule has 1 rings (SSSR count). The van der Waals surface area contributed by atoms with E-state index in [-0.39, 0.29) is 0 Å². The molecule has 0 fully saturated rings. The van der Waals surface area contributed by atoms with Crippen molar-refractivity contribution >= 4 is 24.4 Å². The third-order valence-electron chi connectivity index (χ3n) is 1.85. The van der Waals surface area contributed by atoms with Crippen LogP contribution >= 0.6 is 24.4 Å². The maximum atomic E-state index is 5.27. The second-order valence-electron chi connectivity index (χ2n) is 3.31. The molecule has 16 heavy (non-hydrogen) atoms. The zero-order chi connectivity index (χ0) is 12.0. The van der Waals surface area contributed by atoms with Crippen LogP contribution in [0.2, 0.25) is 0 Å². The third-order valence-corrected chi connectivity index (χ3v) is 3.01. The van der Waals surface area contributed by atoms with Crippen LogP contribution in [0.15, 0.2) is 63.9 Å². The number of nitrogens with two attached hydrogens (primary N) is 1. The van der Waals surface area contributed by atoms with Crippen molar-refractivity contribution in [3.8, 4) is 0 Å². The minimum absolute atomic E-state index is 0.798. The summed E-state index contributed by atoms with van der Waals surface area (Å²) in [6, 6.07) is 8.33. The van der Waals surface area contributed by atoms with E-state index in [1.807, 2.05) is 6.08 Å². The lowest BCUT2D eigenvalue weighted by molar-refractivity contribution is 1.38. The number of rotatable bonds is 4. The molecule has 2 N–H and O–H groups in total. The number of hydrogen-bond donors (Lipinski definition) is 2. The Balaban J connectivity index is 2.65. The molecule has 0 heterocycles. The normalized spacial score (nSPS) is 12.0. The number of thiol groups is 1. The molecule has 0 amide bonds. The van der Waals surface area contributed by atoms with Gasteiger partial charge in [-0.15, -0.1) is 12.6 Å². The summed E-state index contributed by atoms with van der Waals surface area (Å²) in [4.78, 5) is 2.91. The molecule has 0 saturated carbocycles. The summed E-state index contributed by atoms with van der Waals surface area (Å²) < 4.78 is 0. The van der Waals surface area contributed by atoms with Gasteiger partial charge in [0.05, 0.1) is 0 Å². The molecule has 1 nitrogen and oxygen atoms in total. The predicted molar refractivity (Wildman–Crippen MR) is 76.6 cm³/mol. The molecule has 1 aromatic carbocycles. The lowest BCUT2D eigenvalue weighted by atomic mass is 10.2. The van der Waals surface area contributed by atoms with E-state index in [9.17, 15) is 0 Å². The molecule has 3 heteroatoms. The second-order valence-corrected chi connectivity index (χ2v) is 5.03. The molecule has 1 aromatic rings. The SMILES string of the molecule is C=C(/C=C(S)\C=C\N)Sc1ccc(C)cc1. The highest BCUT2D eigenvalue weighted by atomic mass is 32.2. The minimum Gasteiger partial charge on any atom is -0.405 e. The van der Waals surface area contributed by atoms with Crippen LogP contribution in [0.3, 0.4) is 0 Å². The topological polar surface area (TPSA) is 26.0 Å². The first kappa shape index (κ1) is 13.0. The summed E-state index contributed by atoms with van der Waals surface area (Å²) in [5.74, 6) is 0. The first-order valence-corrected chi connectivity index (χ1v) is 6.10. The fourth-order valence-corrected chi connectivity index (χ4v) is 2.19. The van der Waals surface area contributed by atoms with Gasteiger partial charge in [-0.1, -0.05) is 36.0 Å². The van der Waals surface area contributed by atoms with Crippen LogP contribution in [0.4, 0.5) is 0 Å². The van der Waals surface area contributed by atoms with Gasteiger partial charge in [0.15, 0.2) is 0 Å². The number of allylic oxidation sites excluding steroid dienone is 2. The van der Waals surface area contributed by atoms with Crippen LogP contribution in [0.5, 0.6) is 0 Å². The number of aryl methyl sites for hydroxylation is 1. The Labute approximate surface area is 107 Å². The molecule has 0 aliphatic heterocycles. The summed E-state index contributed by atoms with van der Waals surface area (Å²) in [7, 11) is 0. The highest BCUT2D eigenvalue weighted by molar-refractivity contribution is 8.03. The van der Waals surface area contributed by atoms with Gasteiger partial charge in [0.1, 0.15) is 0 Å². The van der Waals surface area contributed by atoms with Crippen LogP contribution in [0.25, 0.3) is 0 Å².